The first-order valence-corrected chi connectivity index (χ1v) is 24.0. The number of halogens is 3. The molecule has 0 unspecified atom stereocenters. The molecule has 1 atom stereocenters. The van der Waals surface area contributed by atoms with Crippen LogP contribution in [0.15, 0.2) is 0 Å². The fourth-order valence-corrected chi connectivity index (χ4v) is 7.70. The number of alkyl halides is 1. The highest BCUT2D eigenvalue weighted by Gasteiger charge is 2.14. The molecule has 0 spiro atoms. The zero-order valence-corrected chi connectivity index (χ0v) is 32.2. The third-order valence-corrected chi connectivity index (χ3v) is 16.9. The van der Waals surface area contributed by atoms with Crippen LogP contribution in [0.3, 0.4) is 0 Å². The number of rotatable bonds is 35. The van der Waals surface area contributed by atoms with Gasteiger partial charge in [-0.05, 0) is 6.42 Å². The molecule has 0 nitrogen and oxygen atoms in total. The predicted octanol–water partition coefficient (Wildman–Crippen LogP) is 15.3. The molecule has 0 aromatic heterocycles. The lowest BCUT2D eigenvalue weighted by Crippen LogP contribution is -2.12. The number of unbranched alkanes of at least 4 members (excludes halogenated alkanes) is 32. The minimum atomic E-state index is -1.44. The Hall–Kier alpha value is 1.53. The summed E-state index contributed by atoms with van der Waals surface area (Å²) in [6.45, 7) is 2.31. The normalized spacial score (nSPS) is 12.5. The molecule has 0 saturated heterocycles. The lowest BCUT2D eigenvalue weighted by molar-refractivity contribution is 0.511. The van der Waals surface area contributed by atoms with Crippen LogP contribution < -0.4 is 0 Å². The highest BCUT2D eigenvalue weighted by atomic mass is 127. The third kappa shape index (κ3) is 35.7. The van der Waals surface area contributed by atoms with Crippen LogP contribution in [0, 0.1) is 0 Å². The minimum Gasteiger partial charge on any atom is -0.149 e. The summed E-state index contributed by atoms with van der Waals surface area (Å²) >= 11 is 14.5. The second-order valence-electron chi connectivity index (χ2n) is 13.0. The zero-order valence-electron chi connectivity index (χ0n) is 27.3. The van der Waals surface area contributed by atoms with Gasteiger partial charge in [-0.25, -0.2) is 0 Å². The molecule has 0 bridgehead atoms. The molecule has 0 N–H and O–H groups in total. The second-order valence-corrected chi connectivity index (χ2v) is 20.9. The molecule has 0 aliphatic carbocycles. The smallest absolute Gasteiger partial charge is 0.149 e. The SMILES string of the molecule is CCCCCCCCCCCCCCCCCCCCCCCCCCCCCCCCCCC[C@H](I)[SiH](Cl)Cl. The molecule has 0 aliphatic rings. The van der Waals surface area contributed by atoms with Gasteiger partial charge in [0.2, 0.25) is 7.42 Å². The van der Waals surface area contributed by atoms with Crippen molar-refractivity contribution >= 4 is 52.2 Å². The summed E-state index contributed by atoms with van der Waals surface area (Å²) in [5.74, 6) is 0. The van der Waals surface area contributed by atoms with Crippen molar-refractivity contribution in [3.8, 4) is 0 Å². The van der Waals surface area contributed by atoms with Crippen LogP contribution in [-0.4, -0.2) is 11.0 Å². The van der Waals surface area contributed by atoms with Gasteiger partial charge in [0.15, 0.2) is 0 Å². The molecule has 0 saturated carbocycles. The Morgan fingerprint density at radius 1 is 0.350 bits per heavy atom. The van der Waals surface area contributed by atoms with E-state index in [2.05, 4.69) is 29.5 Å². The summed E-state index contributed by atoms with van der Waals surface area (Å²) in [7, 11) is -1.44. The number of hydrogen-bond donors (Lipinski definition) is 0. The van der Waals surface area contributed by atoms with Crippen molar-refractivity contribution in [3.63, 3.8) is 0 Å². The van der Waals surface area contributed by atoms with Crippen molar-refractivity contribution in [1.82, 2.24) is 0 Å². The molecule has 0 aromatic rings. The van der Waals surface area contributed by atoms with Gasteiger partial charge in [-0.15, -0.1) is 22.2 Å². The molecule has 0 fully saturated rings. The third-order valence-electron chi connectivity index (χ3n) is 8.86. The summed E-state index contributed by atoms with van der Waals surface area (Å²) in [5, 5.41) is 0. The van der Waals surface area contributed by atoms with Gasteiger partial charge in [-0.2, -0.15) is 0 Å². The molecule has 0 heterocycles. The predicted molar refractivity (Wildman–Crippen MR) is 199 cm³/mol. The van der Waals surface area contributed by atoms with Crippen LogP contribution in [0.25, 0.3) is 0 Å². The largest absolute Gasteiger partial charge is 0.249 e. The summed E-state index contributed by atoms with van der Waals surface area (Å²) < 4.78 is 0.555. The summed E-state index contributed by atoms with van der Waals surface area (Å²) in [4.78, 5) is 0. The lowest BCUT2D eigenvalue weighted by Gasteiger charge is -2.08. The van der Waals surface area contributed by atoms with E-state index in [1.807, 2.05) is 0 Å². The molecule has 0 rings (SSSR count). The highest BCUT2D eigenvalue weighted by molar-refractivity contribution is 14.1. The van der Waals surface area contributed by atoms with Gasteiger partial charge in [-0.3, -0.25) is 0 Å². The Labute approximate surface area is 279 Å². The van der Waals surface area contributed by atoms with Gasteiger partial charge in [-0.1, -0.05) is 241 Å². The van der Waals surface area contributed by atoms with E-state index < -0.39 is 7.42 Å². The Kier molecular flexibility index (Phi) is 38.1. The Morgan fingerprint density at radius 2 is 0.525 bits per heavy atom. The van der Waals surface area contributed by atoms with Crippen molar-refractivity contribution in [2.45, 2.75) is 229 Å². The molecular formula is C36H73Cl2ISi. The average Bonchev–Trinajstić information content (AvgIpc) is 2.95. The molecule has 0 aromatic carbocycles. The van der Waals surface area contributed by atoms with E-state index in [0.29, 0.717) is 3.55 Å². The quantitative estimate of drug-likeness (QED) is 0.0200. The first-order valence-electron chi connectivity index (χ1n) is 18.6. The van der Waals surface area contributed by atoms with Gasteiger partial charge in [0, 0.05) is 3.55 Å². The van der Waals surface area contributed by atoms with Crippen LogP contribution in [0.1, 0.15) is 225 Å². The molecular weight excluding hydrogens is 658 g/mol. The van der Waals surface area contributed by atoms with E-state index in [1.165, 1.54) is 218 Å². The van der Waals surface area contributed by atoms with Crippen LogP contribution in [0.5, 0.6) is 0 Å². The van der Waals surface area contributed by atoms with Crippen molar-refractivity contribution in [1.29, 1.82) is 0 Å². The van der Waals surface area contributed by atoms with E-state index in [4.69, 9.17) is 22.2 Å². The van der Waals surface area contributed by atoms with Gasteiger partial charge >= 0.3 is 0 Å². The maximum atomic E-state index is 6.05. The molecule has 0 aliphatic heterocycles. The average molecular weight is 732 g/mol. The van der Waals surface area contributed by atoms with E-state index >= 15 is 0 Å². The van der Waals surface area contributed by atoms with Gasteiger partial charge < -0.3 is 0 Å². The van der Waals surface area contributed by atoms with Crippen molar-refractivity contribution in [3.05, 3.63) is 0 Å². The Bertz CT molecular complexity index is 449. The van der Waals surface area contributed by atoms with Gasteiger partial charge in [0.25, 0.3) is 0 Å². The lowest BCUT2D eigenvalue weighted by atomic mass is 10.0. The van der Waals surface area contributed by atoms with Crippen molar-refractivity contribution < 1.29 is 0 Å². The van der Waals surface area contributed by atoms with Gasteiger partial charge in [0.05, 0.1) is 0 Å². The van der Waals surface area contributed by atoms with Crippen LogP contribution in [0.4, 0.5) is 0 Å². The first kappa shape index (κ1) is 41.5. The van der Waals surface area contributed by atoms with E-state index in [1.54, 1.807) is 0 Å². The second kappa shape index (κ2) is 36.7. The fourth-order valence-electron chi connectivity index (χ4n) is 6.02. The molecule has 4 heteroatoms. The molecule has 0 amide bonds. The Balaban J connectivity index is 3.05. The van der Waals surface area contributed by atoms with Crippen LogP contribution in [0.2, 0.25) is 0 Å². The number of hydrogen-bond acceptors (Lipinski definition) is 0. The summed E-state index contributed by atoms with van der Waals surface area (Å²) in [6, 6.07) is 0. The van der Waals surface area contributed by atoms with E-state index in [0.717, 1.165) is 0 Å². The Morgan fingerprint density at radius 3 is 0.700 bits per heavy atom. The minimum absolute atomic E-state index is 0.555. The van der Waals surface area contributed by atoms with E-state index in [9.17, 15) is 0 Å². The fraction of sp³-hybridized carbons (Fsp3) is 1.00. The molecule has 242 valence electrons. The van der Waals surface area contributed by atoms with Crippen LogP contribution in [-0.2, 0) is 0 Å². The van der Waals surface area contributed by atoms with Crippen molar-refractivity contribution in [2.24, 2.45) is 0 Å². The molecule has 0 radical (unpaired) electrons. The molecule has 40 heavy (non-hydrogen) atoms. The monoisotopic (exact) mass is 730 g/mol. The topological polar surface area (TPSA) is 0 Å². The van der Waals surface area contributed by atoms with Crippen LogP contribution >= 0.6 is 44.7 Å². The maximum absolute atomic E-state index is 6.05. The van der Waals surface area contributed by atoms with Gasteiger partial charge in [0.1, 0.15) is 0 Å². The standard InChI is InChI=1S/C36H73Cl2ISi/c1-2-3-4-5-6-7-8-9-10-11-12-13-14-15-16-17-18-19-20-21-22-23-24-25-26-27-28-29-30-31-32-33-34-35-36(39)40(37)38/h36,40H,2-35H2,1H3/t36-/m1/s1. The maximum Gasteiger partial charge on any atom is 0.249 e. The van der Waals surface area contributed by atoms with Crippen molar-refractivity contribution in [2.75, 3.05) is 0 Å². The van der Waals surface area contributed by atoms with E-state index in [-0.39, 0.29) is 0 Å². The highest BCUT2D eigenvalue weighted by Crippen LogP contribution is 2.20. The first-order chi connectivity index (χ1) is 19.7. The summed E-state index contributed by atoms with van der Waals surface area (Å²) in [6.07, 6.45) is 49.5. The zero-order chi connectivity index (χ0) is 29.2. The summed E-state index contributed by atoms with van der Waals surface area (Å²) in [5.41, 5.74) is 0.